The van der Waals surface area contributed by atoms with Crippen LogP contribution in [-0.2, 0) is 0 Å². The van der Waals surface area contributed by atoms with E-state index in [0.29, 0.717) is 19.3 Å². The Hall–Kier alpha value is -0.280. The summed E-state index contributed by atoms with van der Waals surface area (Å²) in [7, 11) is 0. The highest BCUT2D eigenvalue weighted by Gasteiger charge is 2.41. The molecule has 3 unspecified atom stereocenters. The lowest BCUT2D eigenvalue weighted by molar-refractivity contribution is -0.0773. The second kappa shape index (κ2) is 6.45. The van der Waals surface area contributed by atoms with Crippen molar-refractivity contribution in [1.82, 2.24) is 0 Å². The summed E-state index contributed by atoms with van der Waals surface area (Å²) >= 11 is 0. The lowest BCUT2D eigenvalue weighted by atomic mass is 9.71. The Balaban J connectivity index is 2.44. The Morgan fingerprint density at radius 2 is 1.89 bits per heavy atom. The van der Waals surface area contributed by atoms with Gasteiger partial charge in [0.1, 0.15) is 0 Å². The van der Waals surface area contributed by atoms with Crippen LogP contribution in [0.5, 0.6) is 0 Å². The van der Waals surface area contributed by atoms with Gasteiger partial charge in [0.15, 0.2) is 0 Å². The molecule has 1 rings (SSSR count). The van der Waals surface area contributed by atoms with Crippen LogP contribution in [0.4, 0.5) is 17.6 Å². The van der Waals surface area contributed by atoms with E-state index in [2.05, 4.69) is 0 Å². The van der Waals surface area contributed by atoms with Crippen molar-refractivity contribution in [2.45, 2.75) is 77.6 Å². The molecule has 0 bridgehead atoms. The first-order valence-electron chi connectivity index (χ1n) is 7.42. The quantitative estimate of drug-likeness (QED) is 0.531. The van der Waals surface area contributed by atoms with E-state index in [0.717, 1.165) is 0 Å². The summed E-state index contributed by atoms with van der Waals surface area (Å²) in [6.45, 7) is 5.52. The van der Waals surface area contributed by atoms with Crippen LogP contribution in [-0.4, -0.2) is 11.8 Å². The van der Waals surface area contributed by atoms with Crippen molar-refractivity contribution in [2.24, 2.45) is 17.8 Å². The zero-order chi connectivity index (χ0) is 14.7. The van der Waals surface area contributed by atoms with Crippen molar-refractivity contribution >= 4 is 0 Å². The largest absolute Gasteiger partial charge is 0.248 e. The van der Waals surface area contributed by atoms with Gasteiger partial charge in [0.05, 0.1) is 0 Å². The molecule has 0 heterocycles. The fourth-order valence-electron chi connectivity index (χ4n) is 3.38. The minimum absolute atomic E-state index is 0.0708. The molecule has 0 amide bonds. The van der Waals surface area contributed by atoms with Gasteiger partial charge in [0.2, 0.25) is 11.8 Å². The summed E-state index contributed by atoms with van der Waals surface area (Å²) in [5.41, 5.74) is 0. The van der Waals surface area contributed by atoms with Crippen molar-refractivity contribution in [3.05, 3.63) is 0 Å². The van der Waals surface area contributed by atoms with Crippen molar-refractivity contribution < 1.29 is 17.6 Å². The van der Waals surface area contributed by atoms with Gasteiger partial charge in [-0.05, 0) is 30.6 Å². The standard InChI is InChI=1S/C15H26F4/c1-4-7-14(16,17)8-5-11(2)13-6-9-15(18,19)10-12(13)3/h11-13H,4-10H2,1-3H3. The van der Waals surface area contributed by atoms with E-state index in [1.807, 2.05) is 13.8 Å². The van der Waals surface area contributed by atoms with Gasteiger partial charge in [-0.1, -0.05) is 27.2 Å². The van der Waals surface area contributed by atoms with Gasteiger partial charge in [-0.15, -0.1) is 0 Å². The first kappa shape index (κ1) is 16.8. The Labute approximate surface area is 114 Å². The lowest BCUT2D eigenvalue weighted by Gasteiger charge is -2.37. The molecule has 0 saturated heterocycles. The van der Waals surface area contributed by atoms with Crippen LogP contribution in [0.15, 0.2) is 0 Å². The van der Waals surface area contributed by atoms with Crippen molar-refractivity contribution in [3.63, 3.8) is 0 Å². The molecule has 1 aliphatic rings. The minimum atomic E-state index is -2.59. The van der Waals surface area contributed by atoms with Crippen LogP contribution in [0.1, 0.15) is 65.7 Å². The summed E-state index contributed by atoms with van der Waals surface area (Å²) in [6.07, 6.45) is 1.03. The Kier molecular flexibility index (Phi) is 5.69. The maximum Gasteiger partial charge on any atom is 0.248 e. The van der Waals surface area contributed by atoms with Gasteiger partial charge < -0.3 is 0 Å². The van der Waals surface area contributed by atoms with Crippen LogP contribution >= 0.6 is 0 Å². The number of rotatable bonds is 6. The predicted molar refractivity (Wildman–Crippen MR) is 69.7 cm³/mol. The normalized spacial score (nSPS) is 29.2. The third-order valence-electron chi connectivity index (χ3n) is 4.51. The highest BCUT2D eigenvalue weighted by atomic mass is 19.3. The fourth-order valence-corrected chi connectivity index (χ4v) is 3.38. The maximum absolute atomic E-state index is 13.5. The zero-order valence-electron chi connectivity index (χ0n) is 12.2. The molecule has 0 aromatic carbocycles. The topological polar surface area (TPSA) is 0 Å². The number of halogens is 4. The molecule has 0 spiro atoms. The van der Waals surface area contributed by atoms with Crippen LogP contribution < -0.4 is 0 Å². The Morgan fingerprint density at radius 3 is 2.42 bits per heavy atom. The van der Waals surface area contributed by atoms with Gasteiger partial charge >= 0.3 is 0 Å². The molecule has 1 aliphatic carbocycles. The van der Waals surface area contributed by atoms with Gasteiger partial charge in [-0.25, -0.2) is 17.6 Å². The van der Waals surface area contributed by atoms with E-state index < -0.39 is 11.8 Å². The second-order valence-electron chi connectivity index (χ2n) is 6.36. The third kappa shape index (κ3) is 5.31. The molecule has 0 N–H and O–H groups in total. The predicted octanol–water partition coefficient (Wildman–Crippen LogP) is 5.91. The van der Waals surface area contributed by atoms with E-state index in [-0.39, 0.29) is 43.4 Å². The highest BCUT2D eigenvalue weighted by Crippen LogP contribution is 2.44. The maximum atomic E-state index is 13.5. The monoisotopic (exact) mass is 282 g/mol. The fraction of sp³-hybridized carbons (Fsp3) is 1.00. The first-order chi connectivity index (χ1) is 8.67. The third-order valence-corrected chi connectivity index (χ3v) is 4.51. The van der Waals surface area contributed by atoms with Crippen LogP contribution in [0.2, 0.25) is 0 Å². The second-order valence-corrected chi connectivity index (χ2v) is 6.36. The number of hydrogen-bond donors (Lipinski definition) is 0. The molecule has 4 heteroatoms. The van der Waals surface area contributed by atoms with Crippen molar-refractivity contribution in [3.8, 4) is 0 Å². The molecule has 0 aliphatic heterocycles. The summed E-state index contributed by atoms with van der Waals surface area (Å²) in [5, 5.41) is 0. The molecule has 114 valence electrons. The molecular weight excluding hydrogens is 256 g/mol. The van der Waals surface area contributed by atoms with Crippen molar-refractivity contribution in [1.29, 1.82) is 0 Å². The minimum Gasteiger partial charge on any atom is -0.207 e. The molecule has 0 radical (unpaired) electrons. The molecule has 0 aromatic heterocycles. The highest BCUT2D eigenvalue weighted by molar-refractivity contribution is 4.85. The van der Waals surface area contributed by atoms with E-state index in [4.69, 9.17) is 0 Å². The summed E-state index contributed by atoms with van der Waals surface area (Å²) in [4.78, 5) is 0. The SMILES string of the molecule is CCCC(F)(F)CCC(C)C1CCC(F)(F)CC1C. The van der Waals surface area contributed by atoms with Gasteiger partial charge in [-0.2, -0.15) is 0 Å². The summed E-state index contributed by atoms with van der Waals surface area (Å²) in [6, 6.07) is 0. The van der Waals surface area contributed by atoms with E-state index in [1.54, 1.807) is 6.92 Å². The van der Waals surface area contributed by atoms with Crippen LogP contribution in [0.25, 0.3) is 0 Å². The van der Waals surface area contributed by atoms with Crippen molar-refractivity contribution in [2.75, 3.05) is 0 Å². The summed E-state index contributed by atoms with van der Waals surface area (Å²) < 4.78 is 53.4. The van der Waals surface area contributed by atoms with Gasteiger partial charge in [-0.3, -0.25) is 0 Å². The van der Waals surface area contributed by atoms with Crippen LogP contribution in [0, 0.1) is 17.8 Å². The smallest absolute Gasteiger partial charge is 0.207 e. The Bertz CT molecular complexity index is 275. The molecule has 0 nitrogen and oxygen atoms in total. The number of alkyl halides is 4. The molecule has 0 aromatic rings. The average molecular weight is 282 g/mol. The van der Waals surface area contributed by atoms with E-state index in [1.165, 1.54) is 0 Å². The van der Waals surface area contributed by atoms with Gasteiger partial charge in [0.25, 0.3) is 0 Å². The number of hydrogen-bond acceptors (Lipinski definition) is 0. The summed E-state index contributed by atoms with van der Waals surface area (Å²) in [5.74, 6) is -4.95. The molecular formula is C15H26F4. The molecule has 3 atom stereocenters. The lowest BCUT2D eigenvalue weighted by Crippen LogP contribution is -2.34. The van der Waals surface area contributed by atoms with Crippen LogP contribution in [0.3, 0.4) is 0 Å². The molecule has 1 saturated carbocycles. The Morgan fingerprint density at radius 1 is 1.26 bits per heavy atom. The molecule has 19 heavy (non-hydrogen) atoms. The molecule has 1 fully saturated rings. The zero-order valence-corrected chi connectivity index (χ0v) is 12.2. The first-order valence-corrected chi connectivity index (χ1v) is 7.42. The average Bonchev–Trinajstić information content (AvgIpc) is 2.25. The van der Waals surface area contributed by atoms with E-state index in [9.17, 15) is 17.6 Å². The van der Waals surface area contributed by atoms with Gasteiger partial charge in [0, 0.05) is 25.7 Å². The van der Waals surface area contributed by atoms with E-state index >= 15 is 0 Å².